The molecule has 2 aliphatic rings. The summed E-state index contributed by atoms with van der Waals surface area (Å²) in [7, 11) is 0. The van der Waals surface area contributed by atoms with Crippen molar-refractivity contribution in [3.05, 3.63) is 23.8 Å². The highest BCUT2D eigenvalue weighted by atomic mass is 16.7. The number of ether oxygens (including phenoxy) is 3. The van der Waals surface area contributed by atoms with Crippen LogP contribution in [0.2, 0.25) is 0 Å². The van der Waals surface area contributed by atoms with Gasteiger partial charge in [-0.05, 0) is 37.0 Å². The molecule has 1 amide bonds. The predicted octanol–water partition coefficient (Wildman–Crippen LogP) is 1.96. The topological polar surface area (TPSA) is 65.1 Å². The molecule has 0 saturated heterocycles. The first-order valence-electron chi connectivity index (χ1n) is 7.89. The lowest BCUT2D eigenvalue weighted by molar-refractivity contribution is -0.145. The van der Waals surface area contributed by atoms with Crippen molar-refractivity contribution < 1.29 is 23.8 Å². The first-order chi connectivity index (χ1) is 11.1. The Morgan fingerprint density at radius 3 is 2.83 bits per heavy atom. The second-order valence-corrected chi connectivity index (χ2v) is 5.94. The molecule has 0 spiro atoms. The van der Waals surface area contributed by atoms with Gasteiger partial charge in [0.15, 0.2) is 11.5 Å². The van der Waals surface area contributed by atoms with Crippen molar-refractivity contribution in [1.29, 1.82) is 0 Å². The molecule has 0 bridgehead atoms. The molecule has 1 aliphatic heterocycles. The molecule has 3 rings (SSSR count). The predicted molar refractivity (Wildman–Crippen MR) is 81.9 cm³/mol. The minimum Gasteiger partial charge on any atom is -0.466 e. The Morgan fingerprint density at radius 1 is 1.30 bits per heavy atom. The zero-order chi connectivity index (χ0) is 16.4. The van der Waals surface area contributed by atoms with Crippen molar-refractivity contribution in [2.45, 2.75) is 26.8 Å². The van der Waals surface area contributed by atoms with E-state index in [0.717, 1.165) is 17.7 Å². The van der Waals surface area contributed by atoms with Crippen LogP contribution in [0, 0.1) is 11.8 Å². The summed E-state index contributed by atoms with van der Waals surface area (Å²) in [5, 5.41) is 0. The molecule has 1 heterocycles. The van der Waals surface area contributed by atoms with Gasteiger partial charge >= 0.3 is 5.97 Å². The molecular weight excluding hydrogens is 298 g/mol. The molecule has 124 valence electrons. The molecule has 23 heavy (non-hydrogen) atoms. The zero-order valence-electron chi connectivity index (χ0n) is 13.4. The van der Waals surface area contributed by atoms with Gasteiger partial charge in [0.1, 0.15) is 0 Å². The highest BCUT2D eigenvalue weighted by Crippen LogP contribution is 2.40. The van der Waals surface area contributed by atoms with E-state index >= 15 is 0 Å². The van der Waals surface area contributed by atoms with Crippen LogP contribution >= 0.6 is 0 Å². The molecule has 1 aliphatic carbocycles. The summed E-state index contributed by atoms with van der Waals surface area (Å²) >= 11 is 0. The highest BCUT2D eigenvalue weighted by Gasteiger charge is 2.45. The Morgan fingerprint density at radius 2 is 2.09 bits per heavy atom. The molecule has 6 heteroatoms. The van der Waals surface area contributed by atoms with Crippen LogP contribution < -0.4 is 9.47 Å². The molecule has 1 saturated carbocycles. The number of carbonyl (C=O) groups is 2. The Bertz CT molecular complexity index is 615. The summed E-state index contributed by atoms with van der Waals surface area (Å²) in [5.74, 6) is 1.43. The molecule has 0 radical (unpaired) electrons. The average Bonchev–Trinajstić information content (AvgIpc) is 3.13. The van der Waals surface area contributed by atoms with Crippen LogP contribution in [-0.4, -0.2) is 36.7 Å². The van der Waals surface area contributed by atoms with Gasteiger partial charge < -0.3 is 19.1 Å². The summed E-state index contributed by atoms with van der Waals surface area (Å²) in [6.07, 6.45) is 0.795. The van der Waals surface area contributed by atoms with Gasteiger partial charge in [-0.1, -0.05) is 6.07 Å². The number of esters is 1. The minimum atomic E-state index is -0.149. The number of hydrogen-bond acceptors (Lipinski definition) is 5. The molecular formula is C17H21NO5. The quantitative estimate of drug-likeness (QED) is 0.750. The van der Waals surface area contributed by atoms with E-state index in [4.69, 9.17) is 14.2 Å². The normalized spacial score (nSPS) is 21.0. The second-order valence-electron chi connectivity index (χ2n) is 5.94. The van der Waals surface area contributed by atoms with Gasteiger partial charge in [-0.2, -0.15) is 0 Å². The van der Waals surface area contributed by atoms with Crippen LogP contribution in [0.3, 0.4) is 0 Å². The number of hydrogen-bond donors (Lipinski definition) is 0. The molecule has 6 nitrogen and oxygen atoms in total. The lowest BCUT2D eigenvalue weighted by Crippen LogP contribution is -2.31. The number of nitrogens with zero attached hydrogens (tertiary/aromatic N) is 1. The Kier molecular flexibility index (Phi) is 4.41. The highest BCUT2D eigenvalue weighted by molar-refractivity contribution is 5.76. The van der Waals surface area contributed by atoms with Crippen LogP contribution in [-0.2, 0) is 20.9 Å². The smallest absolute Gasteiger partial charge is 0.309 e. The lowest BCUT2D eigenvalue weighted by Gasteiger charge is -2.21. The standard InChI is InChI=1S/C17H21NO5/c1-3-21-17(20)14-7-13(14)9-18(11(2)19)8-12-4-5-15-16(6-12)23-10-22-15/h4-6,13-14H,3,7-10H2,1-2H3/t13-,14+/m0/s1. The molecule has 1 fully saturated rings. The van der Waals surface area contributed by atoms with Crippen molar-refractivity contribution in [2.24, 2.45) is 11.8 Å². The van der Waals surface area contributed by atoms with E-state index in [9.17, 15) is 9.59 Å². The van der Waals surface area contributed by atoms with Crippen LogP contribution in [0.1, 0.15) is 25.8 Å². The lowest BCUT2D eigenvalue weighted by atomic mass is 10.1. The van der Waals surface area contributed by atoms with Crippen molar-refractivity contribution in [3.8, 4) is 11.5 Å². The summed E-state index contributed by atoms with van der Waals surface area (Å²) in [6, 6.07) is 5.68. The molecule has 0 N–H and O–H groups in total. The summed E-state index contributed by atoms with van der Waals surface area (Å²) in [5.41, 5.74) is 0.984. The largest absolute Gasteiger partial charge is 0.466 e. The number of amides is 1. The van der Waals surface area contributed by atoms with E-state index < -0.39 is 0 Å². The summed E-state index contributed by atoms with van der Waals surface area (Å²) < 4.78 is 15.7. The fourth-order valence-corrected chi connectivity index (χ4v) is 2.83. The third-order valence-electron chi connectivity index (χ3n) is 4.22. The van der Waals surface area contributed by atoms with Gasteiger partial charge in [0.05, 0.1) is 12.5 Å². The number of benzene rings is 1. The number of carbonyl (C=O) groups excluding carboxylic acids is 2. The first kappa shape index (κ1) is 15.6. The van der Waals surface area contributed by atoms with Crippen molar-refractivity contribution in [1.82, 2.24) is 4.90 Å². The van der Waals surface area contributed by atoms with Crippen LogP contribution in [0.25, 0.3) is 0 Å². The van der Waals surface area contributed by atoms with Crippen molar-refractivity contribution >= 4 is 11.9 Å². The van der Waals surface area contributed by atoms with Crippen molar-refractivity contribution in [2.75, 3.05) is 19.9 Å². The molecule has 2 atom stereocenters. The van der Waals surface area contributed by atoms with Crippen LogP contribution in [0.5, 0.6) is 11.5 Å². The molecule has 1 aromatic rings. The van der Waals surface area contributed by atoms with E-state index in [1.54, 1.807) is 18.7 Å². The van der Waals surface area contributed by atoms with Gasteiger partial charge in [0.25, 0.3) is 0 Å². The second kappa shape index (κ2) is 6.48. The SMILES string of the molecule is CCOC(=O)[C@@H]1C[C@H]1CN(Cc1ccc2c(c1)OCO2)C(C)=O. The number of fused-ring (bicyclic) bond motifs is 1. The summed E-state index contributed by atoms with van der Waals surface area (Å²) in [6.45, 7) is 5.06. The third kappa shape index (κ3) is 3.57. The average molecular weight is 319 g/mol. The third-order valence-corrected chi connectivity index (χ3v) is 4.22. The van der Waals surface area contributed by atoms with Gasteiger partial charge in [-0.3, -0.25) is 9.59 Å². The molecule has 0 aromatic heterocycles. The maximum Gasteiger partial charge on any atom is 0.309 e. The van der Waals surface area contributed by atoms with E-state index in [0.29, 0.717) is 25.4 Å². The van der Waals surface area contributed by atoms with Gasteiger partial charge in [-0.15, -0.1) is 0 Å². The maximum atomic E-state index is 11.9. The van der Waals surface area contributed by atoms with Crippen LogP contribution in [0.15, 0.2) is 18.2 Å². The Hall–Kier alpha value is -2.24. The molecule has 1 aromatic carbocycles. The van der Waals surface area contributed by atoms with E-state index in [-0.39, 0.29) is 30.5 Å². The Labute approximate surface area is 135 Å². The molecule has 0 unspecified atom stereocenters. The van der Waals surface area contributed by atoms with Gasteiger partial charge in [0.2, 0.25) is 12.7 Å². The van der Waals surface area contributed by atoms with Crippen LogP contribution in [0.4, 0.5) is 0 Å². The first-order valence-corrected chi connectivity index (χ1v) is 7.89. The summed E-state index contributed by atoms with van der Waals surface area (Å²) in [4.78, 5) is 25.4. The van der Waals surface area contributed by atoms with Gasteiger partial charge in [-0.25, -0.2) is 0 Å². The monoisotopic (exact) mass is 319 g/mol. The minimum absolute atomic E-state index is 0.00262. The Balaban J connectivity index is 1.60. The van der Waals surface area contributed by atoms with Gasteiger partial charge in [0, 0.05) is 20.0 Å². The van der Waals surface area contributed by atoms with Crippen molar-refractivity contribution in [3.63, 3.8) is 0 Å². The number of rotatable bonds is 6. The van der Waals surface area contributed by atoms with E-state index in [1.165, 1.54) is 0 Å². The fraction of sp³-hybridized carbons (Fsp3) is 0.529. The maximum absolute atomic E-state index is 11.9. The van der Waals surface area contributed by atoms with E-state index in [2.05, 4.69) is 0 Å². The fourth-order valence-electron chi connectivity index (χ4n) is 2.83. The van der Waals surface area contributed by atoms with E-state index in [1.807, 2.05) is 18.2 Å². The zero-order valence-corrected chi connectivity index (χ0v) is 13.4.